The van der Waals surface area contributed by atoms with Gasteiger partial charge in [0.15, 0.2) is 0 Å². The quantitative estimate of drug-likeness (QED) is 0.785. The lowest BCUT2D eigenvalue weighted by Crippen LogP contribution is -2.08. The number of hydrogen-bond acceptors (Lipinski definition) is 2. The van der Waals surface area contributed by atoms with Gasteiger partial charge in [0.1, 0.15) is 10.7 Å². The van der Waals surface area contributed by atoms with Crippen LogP contribution in [0.5, 0.6) is 5.75 Å². The second kappa shape index (κ2) is 3.87. The van der Waals surface area contributed by atoms with Crippen LogP contribution in [0.4, 0.5) is 0 Å². The summed E-state index contributed by atoms with van der Waals surface area (Å²) in [6.07, 6.45) is 0. The van der Waals surface area contributed by atoms with Gasteiger partial charge in [-0.25, -0.2) is 0 Å². The first-order chi connectivity index (χ1) is 7.20. The molecule has 15 heavy (non-hydrogen) atoms. The maximum atomic E-state index is 5.57. The Labute approximate surface area is 93.7 Å². The molecule has 0 amide bonds. The molecule has 2 N–H and O–H groups in total. The number of thiocarbonyl (C=S) groups is 1. The maximum absolute atomic E-state index is 5.57. The van der Waals surface area contributed by atoms with Gasteiger partial charge in [0.05, 0.1) is 7.11 Å². The van der Waals surface area contributed by atoms with E-state index in [4.69, 9.17) is 22.7 Å². The van der Waals surface area contributed by atoms with E-state index in [9.17, 15) is 0 Å². The molecule has 0 aliphatic carbocycles. The molecular formula is C12H11NOS. The number of fused-ring (bicyclic) bond motifs is 1. The summed E-state index contributed by atoms with van der Waals surface area (Å²) in [6.45, 7) is 0. The van der Waals surface area contributed by atoms with Crippen molar-refractivity contribution in [3.8, 4) is 5.75 Å². The summed E-state index contributed by atoms with van der Waals surface area (Å²) in [4.78, 5) is 0.424. The van der Waals surface area contributed by atoms with Crippen molar-refractivity contribution in [2.75, 3.05) is 7.11 Å². The Bertz CT molecular complexity index is 522. The van der Waals surface area contributed by atoms with Crippen molar-refractivity contribution >= 4 is 28.0 Å². The van der Waals surface area contributed by atoms with E-state index in [0.717, 1.165) is 22.1 Å². The van der Waals surface area contributed by atoms with Crippen molar-refractivity contribution in [2.24, 2.45) is 5.73 Å². The summed E-state index contributed by atoms with van der Waals surface area (Å²) in [5, 5.41) is 2.23. The standard InChI is InChI=1S/C12H11NOS/c1-14-11-5-4-8-6-10(12(13)15)3-2-9(8)7-11/h2-7H,1H3,(H2,13,15). The molecule has 0 radical (unpaired) electrons. The number of methoxy groups -OCH3 is 1. The molecule has 0 aliphatic heterocycles. The lowest BCUT2D eigenvalue weighted by atomic mass is 10.1. The summed E-state index contributed by atoms with van der Waals surface area (Å²) >= 11 is 4.93. The average Bonchev–Trinajstić information content (AvgIpc) is 2.27. The fraction of sp³-hybridized carbons (Fsp3) is 0.0833. The van der Waals surface area contributed by atoms with Crippen LogP contribution in [0.15, 0.2) is 36.4 Å². The van der Waals surface area contributed by atoms with Crippen molar-refractivity contribution in [3.05, 3.63) is 42.0 Å². The summed E-state index contributed by atoms with van der Waals surface area (Å²) in [6, 6.07) is 11.8. The fourth-order valence-corrected chi connectivity index (χ4v) is 1.63. The second-order valence-corrected chi connectivity index (χ2v) is 3.73. The molecule has 0 saturated carbocycles. The molecule has 0 unspecified atom stereocenters. The van der Waals surface area contributed by atoms with E-state index in [0.29, 0.717) is 4.99 Å². The Hall–Kier alpha value is -1.61. The normalized spacial score (nSPS) is 10.2. The third kappa shape index (κ3) is 1.92. The predicted octanol–water partition coefficient (Wildman–Crippen LogP) is 2.48. The Kier molecular flexibility index (Phi) is 2.56. The lowest BCUT2D eigenvalue weighted by molar-refractivity contribution is 0.415. The molecule has 0 saturated heterocycles. The van der Waals surface area contributed by atoms with E-state index < -0.39 is 0 Å². The van der Waals surface area contributed by atoms with Crippen LogP contribution in [0.25, 0.3) is 10.8 Å². The Morgan fingerprint density at radius 3 is 2.47 bits per heavy atom. The molecule has 2 rings (SSSR count). The van der Waals surface area contributed by atoms with Crippen LogP contribution >= 0.6 is 12.2 Å². The van der Waals surface area contributed by atoms with Gasteiger partial charge < -0.3 is 10.5 Å². The molecule has 2 nitrogen and oxygen atoms in total. The van der Waals surface area contributed by atoms with E-state index in [-0.39, 0.29) is 0 Å². The maximum Gasteiger partial charge on any atom is 0.119 e. The zero-order valence-corrected chi connectivity index (χ0v) is 9.17. The van der Waals surface area contributed by atoms with Gasteiger partial charge in [-0.3, -0.25) is 0 Å². The van der Waals surface area contributed by atoms with Crippen LogP contribution in [0, 0.1) is 0 Å². The zero-order valence-electron chi connectivity index (χ0n) is 8.36. The van der Waals surface area contributed by atoms with Gasteiger partial charge >= 0.3 is 0 Å². The van der Waals surface area contributed by atoms with Gasteiger partial charge in [-0.15, -0.1) is 0 Å². The van der Waals surface area contributed by atoms with Crippen LogP contribution in [-0.2, 0) is 0 Å². The fourth-order valence-electron chi connectivity index (χ4n) is 1.50. The molecule has 0 atom stereocenters. The minimum absolute atomic E-state index is 0.424. The largest absolute Gasteiger partial charge is 0.497 e. The van der Waals surface area contributed by atoms with E-state index in [2.05, 4.69) is 0 Å². The van der Waals surface area contributed by atoms with Crippen LogP contribution in [-0.4, -0.2) is 12.1 Å². The van der Waals surface area contributed by atoms with Gasteiger partial charge in [0.2, 0.25) is 0 Å². The van der Waals surface area contributed by atoms with Gasteiger partial charge in [0, 0.05) is 5.56 Å². The highest BCUT2D eigenvalue weighted by molar-refractivity contribution is 7.80. The average molecular weight is 217 g/mol. The first-order valence-electron chi connectivity index (χ1n) is 4.58. The van der Waals surface area contributed by atoms with Gasteiger partial charge in [-0.1, -0.05) is 30.4 Å². The highest BCUT2D eigenvalue weighted by Crippen LogP contribution is 2.21. The summed E-state index contributed by atoms with van der Waals surface area (Å²) in [5.41, 5.74) is 6.46. The molecule has 0 aliphatic rings. The minimum atomic E-state index is 0.424. The Morgan fingerprint density at radius 1 is 1.13 bits per heavy atom. The predicted molar refractivity (Wildman–Crippen MR) is 66.4 cm³/mol. The summed E-state index contributed by atoms with van der Waals surface area (Å²) < 4.78 is 5.15. The van der Waals surface area contributed by atoms with Crippen molar-refractivity contribution < 1.29 is 4.74 Å². The minimum Gasteiger partial charge on any atom is -0.497 e. The number of nitrogens with two attached hydrogens (primary N) is 1. The van der Waals surface area contributed by atoms with Gasteiger partial charge in [-0.05, 0) is 29.0 Å². The van der Waals surface area contributed by atoms with Gasteiger partial charge in [0.25, 0.3) is 0 Å². The monoisotopic (exact) mass is 217 g/mol. The van der Waals surface area contributed by atoms with Crippen molar-refractivity contribution in [3.63, 3.8) is 0 Å². The van der Waals surface area contributed by atoms with Crippen molar-refractivity contribution in [1.82, 2.24) is 0 Å². The SMILES string of the molecule is COc1ccc2cc(C(N)=S)ccc2c1. The Balaban J connectivity index is 2.59. The molecule has 0 bridgehead atoms. The first-order valence-corrected chi connectivity index (χ1v) is 4.99. The van der Waals surface area contributed by atoms with Crippen molar-refractivity contribution in [2.45, 2.75) is 0 Å². The number of rotatable bonds is 2. The van der Waals surface area contributed by atoms with E-state index in [1.165, 1.54) is 0 Å². The van der Waals surface area contributed by atoms with E-state index >= 15 is 0 Å². The molecule has 3 heteroatoms. The third-order valence-corrected chi connectivity index (χ3v) is 2.57. The number of benzene rings is 2. The molecule has 0 spiro atoms. The van der Waals surface area contributed by atoms with Crippen LogP contribution < -0.4 is 10.5 Å². The zero-order chi connectivity index (χ0) is 10.8. The summed E-state index contributed by atoms with van der Waals surface area (Å²) in [5.74, 6) is 0.852. The van der Waals surface area contributed by atoms with Crippen LogP contribution in [0.3, 0.4) is 0 Å². The highest BCUT2D eigenvalue weighted by atomic mass is 32.1. The number of hydrogen-bond donors (Lipinski definition) is 1. The molecule has 0 aromatic heterocycles. The molecule has 0 heterocycles. The van der Waals surface area contributed by atoms with E-state index in [1.54, 1.807) is 7.11 Å². The highest BCUT2D eigenvalue weighted by Gasteiger charge is 2.00. The third-order valence-electron chi connectivity index (χ3n) is 2.33. The first kappa shape index (κ1) is 9.93. The smallest absolute Gasteiger partial charge is 0.119 e. The lowest BCUT2D eigenvalue weighted by Gasteiger charge is -2.04. The van der Waals surface area contributed by atoms with Crippen LogP contribution in [0.2, 0.25) is 0 Å². The van der Waals surface area contributed by atoms with Crippen LogP contribution in [0.1, 0.15) is 5.56 Å². The summed E-state index contributed by atoms with van der Waals surface area (Å²) in [7, 11) is 1.66. The van der Waals surface area contributed by atoms with Crippen molar-refractivity contribution in [1.29, 1.82) is 0 Å². The van der Waals surface area contributed by atoms with Gasteiger partial charge in [-0.2, -0.15) is 0 Å². The molecule has 0 fully saturated rings. The molecule has 2 aromatic rings. The molecular weight excluding hydrogens is 206 g/mol. The molecule has 2 aromatic carbocycles. The Morgan fingerprint density at radius 2 is 1.80 bits per heavy atom. The topological polar surface area (TPSA) is 35.2 Å². The van der Waals surface area contributed by atoms with E-state index in [1.807, 2.05) is 36.4 Å². The molecule has 76 valence electrons. The second-order valence-electron chi connectivity index (χ2n) is 3.29. The number of ether oxygens (including phenoxy) is 1.